The molecule has 30 heavy (non-hydrogen) atoms. The highest BCUT2D eigenvalue weighted by Crippen LogP contribution is 2.35. The first kappa shape index (κ1) is 19.3. The lowest BCUT2D eigenvalue weighted by atomic mass is 9.97. The van der Waals surface area contributed by atoms with E-state index in [9.17, 15) is 9.59 Å². The van der Waals surface area contributed by atoms with E-state index < -0.39 is 0 Å². The summed E-state index contributed by atoms with van der Waals surface area (Å²) in [6.45, 7) is 0. The Kier molecular flexibility index (Phi) is 5.27. The number of benzene rings is 2. The van der Waals surface area contributed by atoms with Crippen LogP contribution in [0.5, 0.6) is 0 Å². The number of hydrogen-bond donors (Lipinski definition) is 0. The lowest BCUT2D eigenvalue weighted by Crippen LogP contribution is -2.22. The molecule has 2 aromatic carbocycles. The van der Waals surface area contributed by atoms with Gasteiger partial charge in [0.05, 0.1) is 16.8 Å². The van der Waals surface area contributed by atoms with E-state index in [0.29, 0.717) is 10.7 Å². The van der Waals surface area contributed by atoms with Gasteiger partial charge in [0.15, 0.2) is 10.9 Å². The van der Waals surface area contributed by atoms with Crippen molar-refractivity contribution >= 4 is 39.1 Å². The lowest BCUT2D eigenvalue weighted by Gasteiger charge is -2.13. The molecule has 0 saturated heterocycles. The molecule has 0 atom stereocenters. The molecule has 0 N–H and O–H groups in total. The van der Waals surface area contributed by atoms with Gasteiger partial charge in [0.2, 0.25) is 0 Å². The summed E-state index contributed by atoms with van der Waals surface area (Å²) in [6, 6.07) is 18.8. The summed E-state index contributed by atoms with van der Waals surface area (Å²) in [6.07, 6.45) is 4.25. The van der Waals surface area contributed by atoms with Crippen molar-refractivity contribution in [2.45, 2.75) is 30.8 Å². The van der Waals surface area contributed by atoms with Gasteiger partial charge in [-0.25, -0.2) is 4.98 Å². The second kappa shape index (κ2) is 8.20. The van der Waals surface area contributed by atoms with Crippen molar-refractivity contribution < 1.29 is 4.79 Å². The molecule has 0 saturated carbocycles. The SMILES string of the molecule is O=C(CSc1nc2sc3c(c2c(=O)n1-c1ccccc1)CCCC3)c1ccccc1. The van der Waals surface area contributed by atoms with Crippen molar-refractivity contribution in [2.75, 3.05) is 5.75 Å². The topological polar surface area (TPSA) is 52.0 Å². The number of fused-ring (bicyclic) bond motifs is 3. The van der Waals surface area contributed by atoms with E-state index in [-0.39, 0.29) is 17.1 Å². The highest BCUT2D eigenvalue weighted by atomic mass is 32.2. The summed E-state index contributed by atoms with van der Waals surface area (Å²) in [5.74, 6) is 0.264. The predicted molar refractivity (Wildman–Crippen MR) is 123 cm³/mol. The average molecular weight is 433 g/mol. The number of hydrogen-bond acceptors (Lipinski definition) is 5. The first-order valence-corrected chi connectivity index (χ1v) is 11.9. The van der Waals surface area contributed by atoms with Gasteiger partial charge < -0.3 is 0 Å². The smallest absolute Gasteiger partial charge is 0.267 e. The van der Waals surface area contributed by atoms with Gasteiger partial charge in [-0.3, -0.25) is 14.2 Å². The van der Waals surface area contributed by atoms with Crippen LogP contribution in [0, 0.1) is 0 Å². The van der Waals surface area contributed by atoms with Crippen LogP contribution in [0.25, 0.3) is 15.9 Å². The first-order chi connectivity index (χ1) is 14.7. The minimum atomic E-state index is -0.0275. The number of thioether (sulfide) groups is 1. The maximum absolute atomic E-state index is 13.6. The Bertz CT molecular complexity index is 1280. The molecule has 0 fully saturated rings. The molecule has 5 rings (SSSR count). The Balaban J connectivity index is 1.61. The fraction of sp³-hybridized carbons (Fsp3) is 0.208. The van der Waals surface area contributed by atoms with Crippen LogP contribution in [0.15, 0.2) is 70.6 Å². The van der Waals surface area contributed by atoms with Crippen LogP contribution in [0.2, 0.25) is 0 Å². The average Bonchev–Trinajstić information content (AvgIpc) is 3.17. The van der Waals surface area contributed by atoms with Crippen molar-refractivity contribution in [3.05, 3.63) is 87.0 Å². The molecule has 1 aliphatic carbocycles. The summed E-state index contributed by atoms with van der Waals surface area (Å²) >= 11 is 2.97. The normalized spacial score (nSPS) is 13.3. The molecule has 1 aliphatic rings. The number of carbonyl (C=O) groups is 1. The molecule has 150 valence electrons. The molecule has 2 heterocycles. The van der Waals surface area contributed by atoms with E-state index in [1.807, 2.05) is 60.7 Å². The van der Waals surface area contributed by atoms with E-state index in [0.717, 1.165) is 35.2 Å². The maximum Gasteiger partial charge on any atom is 0.267 e. The Morgan fingerprint density at radius 2 is 1.70 bits per heavy atom. The van der Waals surface area contributed by atoms with Crippen LogP contribution < -0.4 is 5.56 Å². The molecule has 0 unspecified atom stereocenters. The Labute approximate surface area is 182 Å². The Morgan fingerprint density at radius 3 is 2.47 bits per heavy atom. The number of carbonyl (C=O) groups excluding carboxylic acids is 1. The molecule has 0 bridgehead atoms. The third-order valence-electron chi connectivity index (χ3n) is 5.40. The fourth-order valence-electron chi connectivity index (χ4n) is 3.93. The molecule has 4 nitrogen and oxygen atoms in total. The van der Waals surface area contributed by atoms with Gasteiger partial charge in [-0.2, -0.15) is 0 Å². The van der Waals surface area contributed by atoms with Crippen LogP contribution in [-0.4, -0.2) is 21.1 Å². The van der Waals surface area contributed by atoms with E-state index in [2.05, 4.69) is 0 Å². The van der Waals surface area contributed by atoms with E-state index in [4.69, 9.17) is 4.98 Å². The second-order valence-electron chi connectivity index (χ2n) is 7.34. The number of nitrogens with zero attached hydrogens (tertiary/aromatic N) is 2. The van der Waals surface area contributed by atoms with Crippen molar-refractivity contribution in [1.29, 1.82) is 0 Å². The van der Waals surface area contributed by atoms with Gasteiger partial charge in [0.25, 0.3) is 5.56 Å². The number of Topliss-reactive ketones (excluding diaryl/α,β-unsaturated/α-hetero) is 1. The van der Waals surface area contributed by atoms with Gasteiger partial charge in [-0.1, -0.05) is 60.3 Å². The van der Waals surface area contributed by atoms with Crippen LogP contribution in [-0.2, 0) is 12.8 Å². The van der Waals surface area contributed by atoms with Crippen LogP contribution >= 0.6 is 23.1 Å². The highest BCUT2D eigenvalue weighted by molar-refractivity contribution is 7.99. The number of thiophene rings is 1. The Morgan fingerprint density at radius 1 is 1.00 bits per heavy atom. The van der Waals surface area contributed by atoms with E-state index in [1.165, 1.54) is 28.6 Å². The van der Waals surface area contributed by atoms with Gasteiger partial charge in [-0.15, -0.1) is 11.3 Å². The number of aryl methyl sites for hydroxylation is 2. The van der Waals surface area contributed by atoms with Gasteiger partial charge in [-0.05, 0) is 43.4 Å². The van der Waals surface area contributed by atoms with Crippen LogP contribution in [0.4, 0.5) is 0 Å². The van der Waals surface area contributed by atoms with Crippen LogP contribution in [0.1, 0.15) is 33.6 Å². The molecular formula is C24H20N2O2S2. The van der Waals surface area contributed by atoms with Crippen molar-refractivity contribution in [1.82, 2.24) is 9.55 Å². The third-order valence-corrected chi connectivity index (χ3v) is 7.52. The predicted octanol–water partition coefficient (Wildman–Crippen LogP) is 5.30. The molecule has 0 aliphatic heterocycles. The molecule has 2 aromatic heterocycles. The molecule has 6 heteroatoms. The fourth-order valence-corrected chi connectivity index (χ4v) is 6.14. The number of ketones is 1. The largest absolute Gasteiger partial charge is 0.293 e. The van der Waals surface area contributed by atoms with Crippen molar-refractivity contribution in [3.63, 3.8) is 0 Å². The van der Waals surface area contributed by atoms with E-state index in [1.54, 1.807) is 15.9 Å². The molecule has 0 amide bonds. The zero-order valence-corrected chi connectivity index (χ0v) is 18.0. The molecule has 0 spiro atoms. The number of para-hydroxylation sites is 1. The zero-order valence-electron chi connectivity index (χ0n) is 16.3. The van der Waals surface area contributed by atoms with Crippen molar-refractivity contribution in [3.8, 4) is 5.69 Å². The maximum atomic E-state index is 13.6. The molecule has 0 radical (unpaired) electrons. The monoisotopic (exact) mass is 432 g/mol. The summed E-state index contributed by atoms with van der Waals surface area (Å²) in [5, 5.41) is 1.33. The summed E-state index contributed by atoms with van der Waals surface area (Å²) in [7, 11) is 0. The quantitative estimate of drug-likeness (QED) is 0.244. The summed E-state index contributed by atoms with van der Waals surface area (Å²) < 4.78 is 1.67. The summed E-state index contributed by atoms with van der Waals surface area (Å²) in [5.41, 5.74) is 2.61. The third kappa shape index (κ3) is 3.50. The van der Waals surface area contributed by atoms with Gasteiger partial charge in [0.1, 0.15) is 4.83 Å². The van der Waals surface area contributed by atoms with Gasteiger partial charge in [0, 0.05) is 10.4 Å². The number of rotatable bonds is 5. The standard InChI is InChI=1S/C24H20N2O2S2/c27-19(16-9-3-1-4-10-16)15-29-24-25-22-21(18-13-7-8-14-20(18)30-22)23(28)26(24)17-11-5-2-6-12-17/h1-6,9-12H,7-8,13-15H2. The minimum absolute atomic E-state index is 0.0275. The molecule has 4 aromatic rings. The first-order valence-electron chi connectivity index (χ1n) is 10.1. The highest BCUT2D eigenvalue weighted by Gasteiger charge is 2.23. The lowest BCUT2D eigenvalue weighted by molar-refractivity contribution is 0.102. The number of aromatic nitrogens is 2. The zero-order chi connectivity index (χ0) is 20.5. The van der Waals surface area contributed by atoms with Crippen molar-refractivity contribution in [2.24, 2.45) is 0 Å². The van der Waals surface area contributed by atoms with E-state index >= 15 is 0 Å². The Hall–Kier alpha value is -2.70. The second-order valence-corrected chi connectivity index (χ2v) is 9.37. The summed E-state index contributed by atoms with van der Waals surface area (Å²) in [4.78, 5) is 33.2. The van der Waals surface area contributed by atoms with Gasteiger partial charge >= 0.3 is 0 Å². The molecular weight excluding hydrogens is 412 g/mol. The van der Waals surface area contributed by atoms with Crippen LogP contribution in [0.3, 0.4) is 0 Å². The minimum Gasteiger partial charge on any atom is -0.293 e.